The summed E-state index contributed by atoms with van der Waals surface area (Å²) in [5, 5.41) is 7.73. The maximum atomic E-state index is 4.31. The molecule has 0 aromatic carbocycles. The molecule has 1 aromatic heterocycles. The maximum Gasteiger partial charge on any atom is 0.0635 e. The average Bonchev–Trinajstić information content (AvgIpc) is 2.57. The molecule has 0 saturated heterocycles. The van der Waals surface area contributed by atoms with Crippen LogP contribution < -0.4 is 5.32 Å². The van der Waals surface area contributed by atoms with Gasteiger partial charge in [-0.15, -0.1) is 0 Å². The largest absolute Gasteiger partial charge is 0.315 e. The molecule has 0 spiro atoms. The van der Waals surface area contributed by atoms with Crippen LogP contribution in [0.15, 0.2) is 10.7 Å². The molecule has 4 heteroatoms. The standard InChI is InChI=1S/C11H20BrN3/c1-4-13-9(3)6-7-11-10(12)8-14-15(11)5-2/h8-9,13H,4-7H2,1-3H3. The minimum atomic E-state index is 0.571. The highest BCUT2D eigenvalue weighted by molar-refractivity contribution is 9.10. The number of hydrogen-bond donors (Lipinski definition) is 1. The van der Waals surface area contributed by atoms with E-state index in [1.807, 2.05) is 6.20 Å². The van der Waals surface area contributed by atoms with Crippen LogP contribution in [-0.2, 0) is 13.0 Å². The molecule has 0 aliphatic heterocycles. The number of aromatic nitrogens is 2. The molecule has 1 rings (SSSR count). The highest BCUT2D eigenvalue weighted by Crippen LogP contribution is 2.18. The third-order valence-corrected chi connectivity index (χ3v) is 3.23. The Morgan fingerprint density at radius 2 is 2.27 bits per heavy atom. The van der Waals surface area contributed by atoms with Crippen molar-refractivity contribution >= 4 is 15.9 Å². The molecule has 1 unspecified atom stereocenters. The summed E-state index contributed by atoms with van der Waals surface area (Å²) in [5.74, 6) is 0. The first kappa shape index (κ1) is 12.7. The van der Waals surface area contributed by atoms with E-state index in [1.54, 1.807) is 0 Å². The number of nitrogens with one attached hydrogen (secondary N) is 1. The number of nitrogens with zero attached hydrogens (tertiary/aromatic N) is 2. The van der Waals surface area contributed by atoms with E-state index in [1.165, 1.54) is 5.69 Å². The van der Waals surface area contributed by atoms with Crippen LogP contribution in [0.2, 0.25) is 0 Å². The summed E-state index contributed by atoms with van der Waals surface area (Å²) in [6.07, 6.45) is 4.11. The highest BCUT2D eigenvalue weighted by atomic mass is 79.9. The van der Waals surface area contributed by atoms with Crippen molar-refractivity contribution in [3.05, 3.63) is 16.4 Å². The van der Waals surface area contributed by atoms with Crippen molar-refractivity contribution in [1.82, 2.24) is 15.1 Å². The molecule has 0 fully saturated rings. The lowest BCUT2D eigenvalue weighted by Gasteiger charge is -2.12. The Morgan fingerprint density at radius 1 is 1.53 bits per heavy atom. The summed E-state index contributed by atoms with van der Waals surface area (Å²) < 4.78 is 3.19. The van der Waals surface area contributed by atoms with Crippen molar-refractivity contribution in [2.45, 2.75) is 46.2 Å². The first-order chi connectivity index (χ1) is 7.19. The molecule has 0 bridgehead atoms. The lowest BCUT2D eigenvalue weighted by Crippen LogP contribution is -2.26. The Balaban J connectivity index is 2.52. The fourth-order valence-corrected chi connectivity index (χ4v) is 2.21. The normalized spacial score (nSPS) is 13.1. The fourth-order valence-electron chi connectivity index (χ4n) is 1.71. The Hall–Kier alpha value is -0.350. The molecule has 0 aliphatic carbocycles. The van der Waals surface area contributed by atoms with Crippen LogP contribution in [0, 0.1) is 0 Å². The van der Waals surface area contributed by atoms with Gasteiger partial charge in [0.25, 0.3) is 0 Å². The van der Waals surface area contributed by atoms with Gasteiger partial charge in [-0.1, -0.05) is 6.92 Å². The first-order valence-electron chi connectivity index (χ1n) is 5.62. The molecule has 0 saturated carbocycles. The van der Waals surface area contributed by atoms with E-state index < -0.39 is 0 Å². The topological polar surface area (TPSA) is 29.9 Å². The van der Waals surface area contributed by atoms with Crippen molar-refractivity contribution in [3.8, 4) is 0 Å². The third-order valence-electron chi connectivity index (χ3n) is 2.56. The smallest absolute Gasteiger partial charge is 0.0635 e. The van der Waals surface area contributed by atoms with Gasteiger partial charge >= 0.3 is 0 Å². The van der Waals surface area contributed by atoms with Gasteiger partial charge in [0.15, 0.2) is 0 Å². The highest BCUT2D eigenvalue weighted by Gasteiger charge is 2.09. The zero-order valence-electron chi connectivity index (χ0n) is 9.76. The van der Waals surface area contributed by atoms with Gasteiger partial charge in [-0.05, 0) is 49.2 Å². The minimum Gasteiger partial charge on any atom is -0.315 e. The van der Waals surface area contributed by atoms with Gasteiger partial charge in [-0.2, -0.15) is 5.10 Å². The Bertz CT molecular complexity index is 296. The van der Waals surface area contributed by atoms with Crippen LogP contribution in [0.1, 0.15) is 32.9 Å². The van der Waals surface area contributed by atoms with Crippen LogP contribution >= 0.6 is 15.9 Å². The second-order valence-corrected chi connectivity index (χ2v) is 4.61. The molecule has 0 aliphatic rings. The van der Waals surface area contributed by atoms with Crippen molar-refractivity contribution in [2.24, 2.45) is 0 Å². The van der Waals surface area contributed by atoms with Gasteiger partial charge in [-0.3, -0.25) is 4.68 Å². The van der Waals surface area contributed by atoms with Crippen molar-refractivity contribution < 1.29 is 0 Å². The van der Waals surface area contributed by atoms with Gasteiger partial charge in [0.05, 0.1) is 16.4 Å². The Morgan fingerprint density at radius 3 is 2.87 bits per heavy atom. The summed E-state index contributed by atoms with van der Waals surface area (Å²) in [4.78, 5) is 0. The molecule has 1 atom stereocenters. The van der Waals surface area contributed by atoms with Gasteiger partial charge in [0.1, 0.15) is 0 Å². The second-order valence-electron chi connectivity index (χ2n) is 3.75. The van der Waals surface area contributed by atoms with Gasteiger partial charge in [0.2, 0.25) is 0 Å². The monoisotopic (exact) mass is 273 g/mol. The van der Waals surface area contributed by atoms with E-state index in [9.17, 15) is 0 Å². The van der Waals surface area contributed by atoms with Crippen molar-refractivity contribution in [1.29, 1.82) is 0 Å². The van der Waals surface area contributed by atoms with E-state index in [0.717, 1.165) is 30.4 Å². The van der Waals surface area contributed by atoms with Crippen molar-refractivity contribution in [2.75, 3.05) is 6.54 Å². The first-order valence-corrected chi connectivity index (χ1v) is 6.41. The van der Waals surface area contributed by atoms with E-state index >= 15 is 0 Å². The van der Waals surface area contributed by atoms with Crippen LogP contribution in [-0.4, -0.2) is 22.4 Å². The van der Waals surface area contributed by atoms with E-state index in [4.69, 9.17) is 0 Å². The SMILES string of the molecule is CCNC(C)CCc1c(Br)cnn1CC. The number of hydrogen-bond acceptors (Lipinski definition) is 2. The van der Waals surface area contributed by atoms with E-state index in [2.05, 4.69) is 51.8 Å². The van der Waals surface area contributed by atoms with Crippen LogP contribution in [0.5, 0.6) is 0 Å². The molecule has 1 N–H and O–H groups in total. The molecule has 0 radical (unpaired) electrons. The molecule has 86 valence electrons. The van der Waals surface area contributed by atoms with Crippen LogP contribution in [0.25, 0.3) is 0 Å². The van der Waals surface area contributed by atoms with E-state index in [-0.39, 0.29) is 0 Å². The number of halogens is 1. The minimum absolute atomic E-state index is 0.571. The number of aryl methyl sites for hydroxylation is 1. The fraction of sp³-hybridized carbons (Fsp3) is 0.727. The lowest BCUT2D eigenvalue weighted by molar-refractivity contribution is 0.513. The van der Waals surface area contributed by atoms with Crippen LogP contribution in [0.3, 0.4) is 0 Å². The zero-order valence-corrected chi connectivity index (χ0v) is 11.3. The lowest BCUT2D eigenvalue weighted by atomic mass is 10.1. The molecule has 0 amide bonds. The van der Waals surface area contributed by atoms with Gasteiger partial charge in [0, 0.05) is 12.6 Å². The van der Waals surface area contributed by atoms with E-state index in [0.29, 0.717) is 6.04 Å². The predicted molar refractivity (Wildman–Crippen MR) is 67.1 cm³/mol. The molecule has 15 heavy (non-hydrogen) atoms. The maximum absolute atomic E-state index is 4.31. The molecular formula is C11H20BrN3. The molecule has 3 nitrogen and oxygen atoms in total. The summed E-state index contributed by atoms with van der Waals surface area (Å²) in [6, 6.07) is 0.571. The Labute approximate surface area is 100 Å². The van der Waals surface area contributed by atoms with Gasteiger partial charge < -0.3 is 5.32 Å². The summed E-state index contributed by atoms with van der Waals surface area (Å²) >= 11 is 3.54. The van der Waals surface area contributed by atoms with Gasteiger partial charge in [-0.25, -0.2) is 0 Å². The summed E-state index contributed by atoms with van der Waals surface area (Å²) in [5.41, 5.74) is 1.31. The van der Waals surface area contributed by atoms with Crippen LogP contribution in [0.4, 0.5) is 0 Å². The quantitative estimate of drug-likeness (QED) is 0.864. The Kier molecular flexibility index (Phi) is 5.32. The third kappa shape index (κ3) is 3.61. The summed E-state index contributed by atoms with van der Waals surface area (Å²) in [7, 11) is 0. The molecule has 1 aromatic rings. The predicted octanol–water partition coefficient (Wildman–Crippen LogP) is 2.60. The number of rotatable bonds is 6. The zero-order chi connectivity index (χ0) is 11.3. The average molecular weight is 274 g/mol. The molecule has 1 heterocycles. The molecular weight excluding hydrogens is 254 g/mol. The van der Waals surface area contributed by atoms with Crippen molar-refractivity contribution in [3.63, 3.8) is 0 Å². The second kappa shape index (κ2) is 6.28. The summed E-state index contributed by atoms with van der Waals surface area (Å²) in [6.45, 7) is 8.47.